The van der Waals surface area contributed by atoms with Gasteiger partial charge in [0.05, 0.1) is 12.2 Å². The molecule has 3 rings (SSSR count). The molecule has 1 aliphatic rings. The van der Waals surface area contributed by atoms with Gasteiger partial charge in [0.15, 0.2) is 0 Å². The number of hydrogen-bond acceptors (Lipinski definition) is 5. The van der Waals surface area contributed by atoms with Gasteiger partial charge in [-0.1, -0.05) is 30.3 Å². The number of amides is 2. The van der Waals surface area contributed by atoms with Crippen molar-refractivity contribution in [1.29, 1.82) is 0 Å². The zero-order valence-corrected chi connectivity index (χ0v) is 18.1. The first-order valence-corrected chi connectivity index (χ1v) is 9.97. The van der Waals surface area contributed by atoms with Gasteiger partial charge in [-0.05, 0) is 39.7 Å². The van der Waals surface area contributed by atoms with Crippen LogP contribution in [0.5, 0.6) is 0 Å². The van der Waals surface area contributed by atoms with Gasteiger partial charge in [0.2, 0.25) is 5.91 Å². The summed E-state index contributed by atoms with van der Waals surface area (Å²) in [6, 6.07) is 8.33. The number of nitrogens with zero attached hydrogens (tertiary/aromatic N) is 3. The third-order valence-corrected chi connectivity index (χ3v) is 4.96. The highest BCUT2D eigenvalue weighted by Crippen LogP contribution is 2.22. The van der Waals surface area contributed by atoms with Crippen molar-refractivity contribution in [3.8, 4) is 0 Å². The van der Waals surface area contributed by atoms with Gasteiger partial charge in [-0.25, -0.2) is 9.78 Å². The molecule has 0 saturated carbocycles. The van der Waals surface area contributed by atoms with Crippen molar-refractivity contribution >= 4 is 12.0 Å². The summed E-state index contributed by atoms with van der Waals surface area (Å²) >= 11 is 0. The Hall–Kier alpha value is -3.16. The molecule has 1 aromatic carbocycles. The lowest BCUT2D eigenvalue weighted by molar-refractivity contribution is -0.122. The highest BCUT2D eigenvalue weighted by Gasteiger charge is 2.31. The zero-order valence-electron chi connectivity index (χ0n) is 18.1. The summed E-state index contributed by atoms with van der Waals surface area (Å²) in [6.07, 6.45) is -0.0695. The van der Waals surface area contributed by atoms with Crippen LogP contribution in [0.1, 0.15) is 49.5 Å². The topological polar surface area (TPSA) is 93.5 Å². The predicted octanol–water partition coefficient (Wildman–Crippen LogP) is 2.18. The second-order valence-electron chi connectivity index (χ2n) is 8.34. The molecule has 0 radical (unpaired) electrons. The molecule has 1 unspecified atom stereocenters. The number of benzene rings is 1. The highest BCUT2D eigenvalue weighted by molar-refractivity contribution is 5.83. The molecule has 1 atom stereocenters. The largest absolute Gasteiger partial charge is 0.444 e. The van der Waals surface area contributed by atoms with Crippen LogP contribution in [0, 0.1) is 6.92 Å². The Morgan fingerprint density at radius 1 is 1.20 bits per heavy atom. The quantitative estimate of drug-likeness (QED) is 0.834. The van der Waals surface area contributed by atoms with E-state index in [1.165, 1.54) is 4.57 Å². The number of rotatable bonds is 3. The number of aromatic nitrogens is 2. The zero-order chi connectivity index (χ0) is 22.1. The van der Waals surface area contributed by atoms with Gasteiger partial charge in [-0.2, -0.15) is 0 Å². The molecule has 30 heavy (non-hydrogen) atoms. The molecule has 2 heterocycles. The van der Waals surface area contributed by atoms with Gasteiger partial charge < -0.3 is 15.0 Å². The summed E-state index contributed by atoms with van der Waals surface area (Å²) in [5.74, 6) is 0.126. The van der Waals surface area contributed by atoms with Crippen LogP contribution >= 0.6 is 0 Å². The van der Waals surface area contributed by atoms with Crippen LogP contribution in [0.4, 0.5) is 4.79 Å². The molecule has 0 bridgehead atoms. The molecule has 1 aliphatic heterocycles. The Morgan fingerprint density at radius 3 is 2.47 bits per heavy atom. The van der Waals surface area contributed by atoms with E-state index < -0.39 is 17.7 Å². The van der Waals surface area contributed by atoms with Crippen molar-refractivity contribution in [3.63, 3.8) is 0 Å². The molecule has 8 heteroatoms. The van der Waals surface area contributed by atoms with E-state index in [1.807, 2.05) is 51.1 Å². The smallest absolute Gasteiger partial charge is 0.410 e. The first kappa shape index (κ1) is 21.5. The van der Waals surface area contributed by atoms with Gasteiger partial charge in [0.25, 0.3) is 5.56 Å². The normalized spacial score (nSPS) is 14.6. The number of likely N-dealkylation sites (N-methyl/N-ethyl adjacent to an activating group) is 1. The third-order valence-electron chi connectivity index (χ3n) is 4.96. The van der Waals surface area contributed by atoms with Crippen molar-refractivity contribution < 1.29 is 14.3 Å². The molecular formula is C22H28N4O4. The summed E-state index contributed by atoms with van der Waals surface area (Å²) in [4.78, 5) is 44.6. The number of aryl methyl sites for hydroxylation is 1. The van der Waals surface area contributed by atoms with Crippen LogP contribution in [0.15, 0.2) is 35.1 Å². The van der Waals surface area contributed by atoms with E-state index in [0.29, 0.717) is 35.6 Å². The van der Waals surface area contributed by atoms with Crippen LogP contribution in [-0.2, 0) is 22.5 Å². The summed E-state index contributed by atoms with van der Waals surface area (Å²) in [6.45, 7) is 7.70. The molecule has 2 aromatic rings. The van der Waals surface area contributed by atoms with Crippen LogP contribution in [0.3, 0.4) is 0 Å². The monoisotopic (exact) mass is 412 g/mol. The minimum Gasteiger partial charge on any atom is -0.444 e. The minimum absolute atomic E-state index is 0.206. The van der Waals surface area contributed by atoms with Crippen LogP contribution < -0.4 is 10.9 Å². The summed E-state index contributed by atoms with van der Waals surface area (Å²) in [5.41, 5.74) is 0.939. The molecule has 0 saturated heterocycles. The standard InChI is InChI=1S/C22H28N4O4/c1-14-24-17-13-25(21(29)30-22(2,3)4)12-11-16(17)20(28)26(14)18(19(27)23-5)15-9-7-6-8-10-15/h6-10,18H,11-13H2,1-5H3,(H,23,27). The Labute approximate surface area is 175 Å². The van der Waals surface area contributed by atoms with Gasteiger partial charge in [0, 0.05) is 19.2 Å². The lowest BCUT2D eigenvalue weighted by Gasteiger charge is -2.31. The fourth-order valence-corrected chi connectivity index (χ4v) is 3.60. The summed E-state index contributed by atoms with van der Waals surface area (Å²) < 4.78 is 6.88. The van der Waals surface area contributed by atoms with Crippen LogP contribution in [-0.4, -0.2) is 45.6 Å². The number of ether oxygens (including phenoxy) is 1. The fourth-order valence-electron chi connectivity index (χ4n) is 3.60. The van der Waals surface area contributed by atoms with E-state index >= 15 is 0 Å². The van der Waals surface area contributed by atoms with Crippen molar-refractivity contribution in [2.24, 2.45) is 0 Å². The van der Waals surface area contributed by atoms with E-state index in [-0.39, 0.29) is 18.0 Å². The number of fused-ring (bicyclic) bond motifs is 1. The van der Waals surface area contributed by atoms with Gasteiger partial charge in [0.1, 0.15) is 17.5 Å². The molecular weight excluding hydrogens is 384 g/mol. The van der Waals surface area contributed by atoms with Gasteiger partial charge in [-0.3, -0.25) is 14.2 Å². The summed E-state index contributed by atoms with van der Waals surface area (Å²) in [7, 11) is 1.54. The molecule has 0 aliphatic carbocycles. The van der Waals surface area contributed by atoms with Crippen molar-refractivity contribution in [3.05, 3.63) is 63.3 Å². The third kappa shape index (κ3) is 4.37. The van der Waals surface area contributed by atoms with E-state index in [4.69, 9.17) is 4.74 Å². The van der Waals surface area contributed by atoms with Crippen molar-refractivity contribution in [1.82, 2.24) is 19.8 Å². The van der Waals surface area contributed by atoms with E-state index in [0.717, 1.165) is 0 Å². The second-order valence-corrected chi connectivity index (χ2v) is 8.34. The lowest BCUT2D eigenvalue weighted by Crippen LogP contribution is -2.45. The maximum atomic E-state index is 13.4. The minimum atomic E-state index is -0.814. The number of nitrogens with one attached hydrogen (secondary N) is 1. The number of carbonyl (C=O) groups excluding carboxylic acids is 2. The van der Waals surface area contributed by atoms with E-state index in [1.54, 1.807) is 18.9 Å². The first-order chi connectivity index (χ1) is 14.1. The van der Waals surface area contributed by atoms with E-state index in [9.17, 15) is 14.4 Å². The average molecular weight is 412 g/mol. The van der Waals surface area contributed by atoms with Gasteiger partial charge in [-0.15, -0.1) is 0 Å². The summed E-state index contributed by atoms with van der Waals surface area (Å²) in [5, 5.41) is 2.64. The number of carbonyl (C=O) groups is 2. The SMILES string of the molecule is CNC(=O)C(c1ccccc1)n1c(C)nc2c(c1=O)CCN(C(=O)OC(C)(C)C)C2. The fraction of sp³-hybridized carbons (Fsp3) is 0.455. The van der Waals surface area contributed by atoms with Crippen LogP contribution in [0.25, 0.3) is 0 Å². The first-order valence-electron chi connectivity index (χ1n) is 9.97. The maximum absolute atomic E-state index is 13.4. The molecule has 1 aromatic heterocycles. The second kappa shape index (κ2) is 8.30. The Balaban J connectivity index is 2.00. The molecule has 0 fully saturated rings. The average Bonchev–Trinajstić information content (AvgIpc) is 2.69. The molecule has 2 amide bonds. The maximum Gasteiger partial charge on any atom is 0.410 e. The Kier molecular flexibility index (Phi) is 5.96. The van der Waals surface area contributed by atoms with Crippen LogP contribution in [0.2, 0.25) is 0 Å². The van der Waals surface area contributed by atoms with E-state index in [2.05, 4.69) is 10.3 Å². The molecule has 0 spiro atoms. The lowest BCUT2D eigenvalue weighted by atomic mass is 10.0. The Bertz CT molecular complexity index is 1010. The van der Waals surface area contributed by atoms with Crippen molar-refractivity contribution in [2.45, 2.75) is 52.3 Å². The highest BCUT2D eigenvalue weighted by atomic mass is 16.6. The number of hydrogen-bond donors (Lipinski definition) is 1. The molecule has 160 valence electrons. The predicted molar refractivity (Wildman–Crippen MR) is 112 cm³/mol. The molecule has 1 N–H and O–H groups in total. The molecule has 8 nitrogen and oxygen atoms in total. The van der Waals surface area contributed by atoms with Crippen molar-refractivity contribution in [2.75, 3.05) is 13.6 Å². The van der Waals surface area contributed by atoms with Gasteiger partial charge >= 0.3 is 6.09 Å². The Morgan fingerprint density at radius 2 is 1.87 bits per heavy atom.